The van der Waals surface area contributed by atoms with Gasteiger partial charge in [-0.15, -0.1) is 0 Å². The van der Waals surface area contributed by atoms with Crippen LogP contribution in [-0.2, 0) is 3.79 Å². The zero-order chi connectivity index (χ0) is 13.6. The topological polar surface area (TPSA) is 31.4 Å². The van der Waals surface area contributed by atoms with Crippen LogP contribution in [0.5, 0.6) is 11.8 Å². The molecule has 0 aliphatic carbocycles. The Labute approximate surface area is 121 Å². The third kappa shape index (κ3) is 4.77. The summed E-state index contributed by atoms with van der Waals surface area (Å²) in [5.41, 5.74) is 0.417. The molecule has 0 saturated carbocycles. The summed E-state index contributed by atoms with van der Waals surface area (Å²) in [5, 5.41) is 0. The van der Waals surface area contributed by atoms with E-state index in [1.807, 2.05) is 0 Å². The molecule has 3 nitrogen and oxygen atoms in total. The molecule has 0 aliphatic rings. The maximum Gasteiger partial charge on any atom is 0.217 e. The third-order valence-electron chi connectivity index (χ3n) is 1.80. The van der Waals surface area contributed by atoms with E-state index in [0.29, 0.717) is 30.5 Å². The number of ether oxygens (including phenoxy) is 2. The number of aromatic nitrogens is 1. The van der Waals surface area contributed by atoms with Crippen molar-refractivity contribution in [3.05, 3.63) is 43.0 Å². The summed E-state index contributed by atoms with van der Waals surface area (Å²) in [6.45, 7) is 7.69. The molecule has 1 rings (SSSR count). The van der Waals surface area contributed by atoms with Crippen LogP contribution in [0.15, 0.2) is 37.4 Å². The van der Waals surface area contributed by atoms with Gasteiger partial charge in [-0.05, 0) is 0 Å². The van der Waals surface area contributed by atoms with Crippen LogP contribution in [0, 0.1) is 0 Å². The second-order valence-corrected chi connectivity index (χ2v) is 5.51. The lowest BCUT2D eigenvalue weighted by Crippen LogP contribution is -2.06. The molecule has 0 aromatic carbocycles. The van der Waals surface area contributed by atoms with Crippen LogP contribution in [-0.4, -0.2) is 18.2 Å². The molecule has 0 spiro atoms. The van der Waals surface area contributed by atoms with Crippen molar-refractivity contribution in [1.29, 1.82) is 0 Å². The van der Waals surface area contributed by atoms with E-state index in [2.05, 4.69) is 18.1 Å². The van der Waals surface area contributed by atoms with Crippen molar-refractivity contribution in [3.63, 3.8) is 0 Å². The minimum Gasteiger partial charge on any atom is -0.473 e. The molecular formula is C12H12Cl3NO2. The Hall–Kier alpha value is -0.900. The van der Waals surface area contributed by atoms with Crippen LogP contribution >= 0.6 is 34.8 Å². The van der Waals surface area contributed by atoms with Gasteiger partial charge in [0.15, 0.2) is 0 Å². The van der Waals surface area contributed by atoms with Gasteiger partial charge in [0.25, 0.3) is 0 Å². The molecule has 0 amide bonds. The van der Waals surface area contributed by atoms with E-state index in [4.69, 9.17) is 44.3 Å². The second-order valence-electron chi connectivity index (χ2n) is 3.23. The quantitative estimate of drug-likeness (QED) is 0.587. The van der Waals surface area contributed by atoms with Crippen LogP contribution < -0.4 is 9.47 Å². The molecule has 0 unspecified atom stereocenters. The Bertz CT molecular complexity index is 400. The SMILES string of the molecule is C=CCOc1cc(C(Cl)(Cl)Cl)cc(OCC=C)n1. The van der Waals surface area contributed by atoms with Crippen LogP contribution in [0.25, 0.3) is 0 Å². The number of alkyl halides is 3. The van der Waals surface area contributed by atoms with Gasteiger partial charge in [0.2, 0.25) is 15.6 Å². The van der Waals surface area contributed by atoms with E-state index < -0.39 is 3.79 Å². The largest absolute Gasteiger partial charge is 0.473 e. The lowest BCUT2D eigenvalue weighted by atomic mass is 10.3. The minimum absolute atomic E-state index is 0.303. The van der Waals surface area contributed by atoms with Crippen molar-refractivity contribution >= 4 is 34.8 Å². The van der Waals surface area contributed by atoms with Gasteiger partial charge in [-0.1, -0.05) is 60.1 Å². The van der Waals surface area contributed by atoms with E-state index in [1.165, 1.54) is 12.1 Å². The molecule has 0 atom stereocenters. The van der Waals surface area contributed by atoms with Crippen molar-refractivity contribution < 1.29 is 9.47 Å². The summed E-state index contributed by atoms with van der Waals surface area (Å²) >= 11 is 17.5. The first-order valence-corrected chi connectivity index (χ1v) is 6.17. The van der Waals surface area contributed by atoms with E-state index >= 15 is 0 Å². The maximum atomic E-state index is 5.82. The molecule has 0 aliphatic heterocycles. The molecule has 0 bridgehead atoms. The van der Waals surface area contributed by atoms with Crippen molar-refractivity contribution in [2.45, 2.75) is 3.79 Å². The van der Waals surface area contributed by atoms with Crippen molar-refractivity contribution in [2.75, 3.05) is 13.2 Å². The molecular weight excluding hydrogens is 296 g/mol. The van der Waals surface area contributed by atoms with Gasteiger partial charge in [-0.3, -0.25) is 0 Å². The van der Waals surface area contributed by atoms with E-state index in [-0.39, 0.29) is 0 Å². The molecule has 1 heterocycles. The molecule has 0 radical (unpaired) electrons. The summed E-state index contributed by atoms with van der Waals surface area (Å²) in [6, 6.07) is 3.08. The Morgan fingerprint density at radius 1 is 1.06 bits per heavy atom. The molecule has 1 aromatic rings. The number of hydrogen-bond donors (Lipinski definition) is 0. The molecule has 1 aromatic heterocycles. The number of hydrogen-bond acceptors (Lipinski definition) is 3. The fourth-order valence-electron chi connectivity index (χ4n) is 1.08. The smallest absolute Gasteiger partial charge is 0.217 e. The van der Waals surface area contributed by atoms with E-state index in [1.54, 1.807) is 12.2 Å². The predicted molar refractivity (Wildman–Crippen MR) is 74.9 cm³/mol. The molecule has 98 valence electrons. The Morgan fingerprint density at radius 3 is 1.83 bits per heavy atom. The second kappa shape index (κ2) is 6.88. The van der Waals surface area contributed by atoms with Gasteiger partial charge in [-0.2, -0.15) is 4.98 Å². The summed E-state index contributed by atoms with van der Waals surface area (Å²) < 4.78 is 9.03. The van der Waals surface area contributed by atoms with Gasteiger partial charge in [0, 0.05) is 17.7 Å². The summed E-state index contributed by atoms with van der Waals surface area (Å²) in [5.74, 6) is 0.607. The van der Waals surface area contributed by atoms with Gasteiger partial charge < -0.3 is 9.47 Å². The fraction of sp³-hybridized carbons (Fsp3) is 0.250. The first-order valence-electron chi connectivity index (χ1n) is 5.04. The highest BCUT2D eigenvalue weighted by atomic mass is 35.6. The Morgan fingerprint density at radius 2 is 1.50 bits per heavy atom. The van der Waals surface area contributed by atoms with E-state index in [9.17, 15) is 0 Å². The van der Waals surface area contributed by atoms with Gasteiger partial charge in [-0.25, -0.2) is 0 Å². The monoisotopic (exact) mass is 307 g/mol. The average molecular weight is 309 g/mol. The molecule has 0 fully saturated rings. The van der Waals surface area contributed by atoms with Crippen molar-refractivity contribution in [3.8, 4) is 11.8 Å². The first-order chi connectivity index (χ1) is 8.47. The number of halogens is 3. The van der Waals surface area contributed by atoms with E-state index in [0.717, 1.165) is 0 Å². The normalized spacial score (nSPS) is 10.8. The fourth-order valence-corrected chi connectivity index (χ4v) is 1.41. The highest BCUT2D eigenvalue weighted by molar-refractivity contribution is 6.66. The van der Waals surface area contributed by atoms with Crippen LogP contribution in [0.3, 0.4) is 0 Å². The van der Waals surface area contributed by atoms with Gasteiger partial charge in [0.05, 0.1) is 0 Å². The zero-order valence-electron chi connectivity index (χ0n) is 9.54. The maximum absolute atomic E-state index is 5.82. The Balaban J connectivity index is 3.03. The zero-order valence-corrected chi connectivity index (χ0v) is 11.8. The van der Waals surface area contributed by atoms with Crippen molar-refractivity contribution in [2.24, 2.45) is 0 Å². The first kappa shape index (κ1) is 15.2. The van der Waals surface area contributed by atoms with Crippen LogP contribution in [0.4, 0.5) is 0 Å². The molecule has 0 saturated heterocycles. The summed E-state index contributed by atoms with van der Waals surface area (Å²) in [4.78, 5) is 4.11. The highest BCUT2D eigenvalue weighted by Crippen LogP contribution is 2.40. The molecule has 0 N–H and O–H groups in total. The summed E-state index contributed by atoms with van der Waals surface area (Å²) in [7, 11) is 0. The standard InChI is InChI=1S/C12H12Cl3NO2/c1-3-5-17-10-7-9(12(13,14)15)8-11(16-10)18-6-4-2/h3-4,7-8H,1-2,5-6H2. The van der Waals surface area contributed by atoms with Crippen LogP contribution in [0.2, 0.25) is 0 Å². The lowest BCUT2D eigenvalue weighted by molar-refractivity contribution is 0.318. The minimum atomic E-state index is -1.57. The highest BCUT2D eigenvalue weighted by Gasteiger charge is 2.25. The lowest BCUT2D eigenvalue weighted by Gasteiger charge is -2.14. The average Bonchev–Trinajstić information content (AvgIpc) is 2.32. The predicted octanol–water partition coefficient (Wildman–Crippen LogP) is 4.04. The molecule has 18 heavy (non-hydrogen) atoms. The summed E-state index contributed by atoms with van der Waals surface area (Å²) in [6.07, 6.45) is 3.18. The van der Waals surface area contributed by atoms with Gasteiger partial charge >= 0.3 is 0 Å². The van der Waals surface area contributed by atoms with Crippen LogP contribution in [0.1, 0.15) is 5.56 Å². The number of nitrogens with zero attached hydrogens (tertiary/aromatic N) is 1. The third-order valence-corrected chi connectivity index (χ3v) is 2.46. The van der Waals surface area contributed by atoms with Crippen molar-refractivity contribution in [1.82, 2.24) is 4.98 Å². The Kier molecular flexibility index (Phi) is 5.79. The van der Waals surface area contributed by atoms with Gasteiger partial charge in [0.1, 0.15) is 13.2 Å². The number of pyridine rings is 1. The molecule has 6 heteroatoms. The number of rotatable bonds is 6.